The molecule has 0 saturated heterocycles. The number of benzene rings is 1. The summed E-state index contributed by atoms with van der Waals surface area (Å²) in [7, 11) is 0. The number of hydrogen-bond donors (Lipinski definition) is 1. The summed E-state index contributed by atoms with van der Waals surface area (Å²) in [6, 6.07) is 5.45. The van der Waals surface area contributed by atoms with Crippen molar-refractivity contribution in [2.24, 2.45) is 0 Å². The molecule has 0 saturated carbocycles. The van der Waals surface area contributed by atoms with Crippen LogP contribution in [0.3, 0.4) is 0 Å². The molecular formula is C14H15N3O4. The summed E-state index contributed by atoms with van der Waals surface area (Å²) in [4.78, 5) is 12.0. The lowest BCUT2D eigenvalue weighted by Gasteiger charge is -2.07. The Bertz CT molecular complexity index is 653. The molecule has 0 atom stereocenters. The predicted octanol–water partition coefficient (Wildman–Crippen LogP) is 1.12. The Morgan fingerprint density at radius 2 is 2.33 bits per heavy atom. The molecule has 0 aliphatic carbocycles. The van der Waals surface area contributed by atoms with Crippen LogP contribution >= 0.6 is 0 Å². The average molecular weight is 289 g/mol. The van der Waals surface area contributed by atoms with E-state index in [2.05, 4.69) is 20.3 Å². The van der Waals surface area contributed by atoms with Gasteiger partial charge in [0.1, 0.15) is 18.1 Å². The van der Waals surface area contributed by atoms with Crippen molar-refractivity contribution in [3.8, 4) is 11.6 Å². The molecule has 7 heteroatoms. The van der Waals surface area contributed by atoms with Crippen LogP contribution in [0.5, 0.6) is 11.6 Å². The summed E-state index contributed by atoms with van der Waals surface area (Å²) in [5.74, 6) is 1.08. The van der Waals surface area contributed by atoms with Crippen molar-refractivity contribution in [2.45, 2.75) is 13.3 Å². The third-order valence-electron chi connectivity index (χ3n) is 3.19. The SMILES string of the molecule is Cc1nonc1OCCNC(=O)c1ccc2c(c1)CCO2. The topological polar surface area (TPSA) is 86.5 Å². The third kappa shape index (κ3) is 2.96. The lowest BCUT2D eigenvalue weighted by Crippen LogP contribution is -2.28. The number of nitrogens with one attached hydrogen (secondary N) is 1. The Morgan fingerprint density at radius 1 is 1.43 bits per heavy atom. The zero-order valence-electron chi connectivity index (χ0n) is 11.6. The van der Waals surface area contributed by atoms with E-state index < -0.39 is 0 Å². The minimum atomic E-state index is -0.136. The van der Waals surface area contributed by atoms with Crippen LogP contribution in [0, 0.1) is 6.92 Å². The first-order valence-electron chi connectivity index (χ1n) is 6.70. The average Bonchev–Trinajstić information content (AvgIpc) is 3.11. The van der Waals surface area contributed by atoms with Crippen molar-refractivity contribution < 1.29 is 18.9 Å². The molecule has 2 heterocycles. The first kappa shape index (κ1) is 13.4. The monoisotopic (exact) mass is 289 g/mol. The van der Waals surface area contributed by atoms with Gasteiger partial charge in [0.15, 0.2) is 0 Å². The second-order valence-electron chi connectivity index (χ2n) is 4.68. The number of fused-ring (bicyclic) bond motifs is 1. The zero-order valence-corrected chi connectivity index (χ0v) is 11.6. The number of ether oxygens (including phenoxy) is 2. The number of aromatic nitrogens is 2. The molecule has 1 N–H and O–H groups in total. The van der Waals surface area contributed by atoms with Crippen molar-refractivity contribution in [1.29, 1.82) is 0 Å². The number of hydrogen-bond acceptors (Lipinski definition) is 6. The van der Waals surface area contributed by atoms with Gasteiger partial charge < -0.3 is 14.8 Å². The molecule has 3 rings (SSSR count). The molecule has 0 radical (unpaired) electrons. The molecule has 1 aromatic heterocycles. The fraction of sp³-hybridized carbons (Fsp3) is 0.357. The summed E-state index contributed by atoms with van der Waals surface area (Å²) < 4.78 is 15.3. The van der Waals surface area contributed by atoms with E-state index in [1.807, 2.05) is 12.1 Å². The van der Waals surface area contributed by atoms with E-state index in [1.165, 1.54) is 0 Å². The molecule has 0 fully saturated rings. The van der Waals surface area contributed by atoms with Crippen LogP contribution in [-0.2, 0) is 6.42 Å². The van der Waals surface area contributed by atoms with Crippen LogP contribution in [0.15, 0.2) is 22.8 Å². The highest BCUT2D eigenvalue weighted by Gasteiger charge is 2.14. The highest BCUT2D eigenvalue weighted by Crippen LogP contribution is 2.25. The molecule has 1 aliphatic rings. The highest BCUT2D eigenvalue weighted by atomic mass is 16.6. The van der Waals surface area contributed by atoms with Crippen molar-refractivity contribution in [3.05, 3.63) is 35.0 Å². The van der Waals surface area contributed by atoms with Gasteiger partial charge in [-0.15, -0.1) is 0 Å². The van der Waals surface area contributed by atoms with Gasteiger partial charge in [-0.3, -0.25) is 4.79 Å². The van der Waals surface area contributed by atoms with E-state index in [9.17, 15) is 4.79 Å². The lowest BCUT2D eigenvalue weighted by atomic mass is 10.1. The van der Waals surface area contributed by atoms with Gasteiger partial charge in [0.05, 0.1) is 13.2 Å². The normalized spacial score (nSPS) is 12.6. The van der Waals surface area contributed by atoms with E-state index in [0.717, 1.165) is 17.7 Å². The van der Waals surface area contributed by atoms with Gasteiger partial charge >= 0.3 is 0 Å². The third-order valence-corrected chi connectivity index (χ3v) is 3.19. The van der Waals surface area contributed by atoms with Gasteiger partial charge in [0.25, 0.3) is 11.8 Å². The summed E-state index contributed by atoms with van der Waals surface area (Å²) in [6.45, 7) is 3.09. The van der Waals surface area contributed by atoms with E-state index in [1.54, 1.807) is 13.0 Å². The Balaban J connectivity index is 1.49. The number of carbonyl (C=O) groups is 1. The summed E-state index contributed by atoms with van der Waals surface area (Å²) in [6.07, 6.45) is 0.845. The molecule has 0 bridgehead atoms. The van der Waals surface area contributed by atoms with E-state index in [0.29, 0.717) is 36.9 Å². The molecule has 21 heavy (non-hydrogen) atoms. The summed E-state index contributed by atoms with van der Waals surface area (Å²) in [5, 5.41) is 9.98. The Labute approximate surface area is 121 Å². The van der Waals surface area contributed by atoms with Gasteiger partial charge in [-0.1, -0.05) is 5.16 Å². The van der Waals surface area contributed by atoms with Crippen LogP contribution in [-0.4, -0.2) is 36.0 Å². The van der Waals surface area contributed by atoms with E-state index >= 15 is 0 Å². The maximum Gasteiger partial charge on any atom is 0.278 e. The Morgan fingerprint density at radius 3 is 3.14 bits per heavy atom. The van der Waals surface area contributed by atoms with Crippen LogP contribution in [0.25, 0.3) is 0 Å². The van der Waals surface area contributed by atoms with Crippen molar-refractivity contribution >= 4 is 5.91 Å². The molecule has 110 valence electrons. The largest absolute Gasteiger partial charge is 0.493 e. The van der Waals surface area contributed by atoms with E-state index in [-0.39, 0.29) is 5.91 Å². The maximum absolute atomic E-state index is 12.0. The number of amides is 1. The Kier molecular flexibility index (Phi) is 3.72. The zero-order chi connectivity index (χ0) is 14.7. The number of nitrogens with zero attached hydrogens (tertiary/aromatic N) is 2. The van der Waals surface area contributed by atoms with Crippen LogP contribution in [0.4, 0.5) is 0 Å². The second-order valence-corrected chi connectivity index (χ2v) is 4.68. The van der Waals surface area contributed by atoms with Gasteiger partial charge in [-0.25, -0.2) is 4.63 Å². The number of carbonyl (C=O) groups excluding carboxylic acids is 1. The van der Waals surface area contributed by atoms with Gasteiger partial charge in [0.2, 0.25) is 0 Å². The maximum atomic E-state index is 12.0. The molecule has 1 aliphatic heterocycles. The molecule has 0 spiro atoms. The second kappa shape index (κ2) is 5.82. The fourth-order valence-electron chi connectivity index (χ4n) is 2.10. The first-order valence-corrected chi connectivity index (χ1v) is 6.70. The summed E-state index contributed by atoms with van der Waals surface area (Å²) in [5.41, 5.74) is 2.28. The smallest absolute Gasteiger partial charge is 0.278 e. The standard InChI is InChI=1S/C14H15N3O4/c1-9-14(17-21-16-9)20-7-5-15-13(18)11-2-3-12-10(8-11)4-6-19-12/h2-3,8H,4-7H2,1H3,(H,15,18). The first-order chi connectivity index (χ1) is 10.2. The van der Waals surface area contributed by atoms with Gasteiger partial charge in [0, 0.05) is 12.0 Å². The van der Waals surface area contributed by atoms with Crippen LogP contribution in [0.1, 0.15) is 21.6 Å². The van der Waals surface area contributed by atoms with Crippen molar-refractivity contribution in [2.75, 3.05) is 19.8 Å². The molecule has 1 amide bonds. The molecular weight excluding hydrogens is 274 g/mol. The number of aryl methyl sites for hydroxylation is 1. The molecule has 7 nitrogen and oxygen atoms in total. The van der Waals surface area contributed by atoms with Gasteiger partial charge in [-0.2, -0.15) is 0 Å². The van der Waals surface area contributed by atoms with Crippen molar-refractivity contribution in [1.82, 2.24) is 15.6 Å². The molecule has 1 aromatic carbocycles. The molecule has 0 unspecified atom stereocenters. The minimum absolute atomic E-state index is 0.136. The predicted molar refractivity (Wildman–Crippen MR) is 72.5 cm³/mol. The lowest BCUT2D eigenvalue weighted by molar-refractivity contribution is 0.0946. The van der Waals surface area contributed by atoms with Crippen LogP contribution in [0.2, 0.25) is 0 Å². The highest BCUT2D eigenvalue weighted by molar-refractivity contribution is 5.94. The minimum Gasteiger partial charge on any atom is -0.493 e. The Hall–Kier alpha value is -2.57. The summed E-state index contributed by atoms with van der Waals surface area (Å²) >= 11 is 0. The quantitative estimate of drug-likeness (QED) is 0.830. The van der Waals surface area contributed by atoms with Crippen molar-refractivity contribution in [3.63, 3.8) is 0 Å². The number of rotatable bonds is 5. The van der Waals surface area contributed by atoms with Crippen LogP contribution < -0.4 is 14.8 Å². The van der Waals surface area contributed by atoms with E-state index in [4.69, 9.17) is 9.47 Å². The fourth-order valence-corrected chi connectivity index (χ4v) is 2.10. The molecule has 2 aromatic rings. The van der Waals surface area contributed by atoms with Gasteiger partial charge in [-0.05, 0) is 35.8 Å².